The van der Waals surface area contributed by atoms with Gasteiger partial charge in [-0.25, -0.2) is 8.42 Å². The van der Waals surface area contributed by atoms with Crippen molar-refractivity contribution < 1.29 is 17.6 Å². The molecule has 0 spiro atoms. The van der Waals surface area contributed by atoms with E-state index in [1.165, 1.54) is 37.4 Å². The number of furan rings is 1. The molecule has 1 aliphatic carbocycles. The smallest absolute Gasteiger partial charge is 0.251 e. The minimum atomic E-state index is -2.96. The number of aliphatic imine (C=N–C) groups is 1. The topological polar surface area (TPSA) is 104 Å². The quantitative estimate of drug-likeness (QED) is 0.492. The van der Waals surface area contributed by atoms with Gasteiger partial charge >= 0.3 is 0 Å². The molecule has 2 N–H and O–H groups in total. The maximum atomic E-state index is 12.6. The lowest BCUT2D eigenvalue weighted by molar-refractivity contribution is 0.0949. The highest BCUT2D eigenvalue weighted by molar-refractivity contribution is 8.15. The number of nitrogens with zero attached hydrogens (tertiary/aromatic N) is 2. The lowest BCUT2D eigenvalue weighted by atomic mass is 10.1. The van der Waals surface area contributed by atoms with Crippen LogP contribution in [0.25, 0.3) is 0 Å². The maximum Gasteiger partial charge on any atom is 0.251 e. The summed E-state index contributed by atoms with van der Waals surface area (Å²) in [7, 11) is -2.96. The van der Waals surface area contributed by atoms with Crippen molar-refractivity contribution in [3.8, 4) is 0 Å². The van der Waals surface area contributed by atoms with Crippen molar-refractivity contribution in [1.29, 1.82) is 0 Å². The summed E-state index contributed by atoms with van der Waals surface area (Å²) in [5.74, 6) is 1.24. The highest BCUT2D eigenvalue weighted by Crippen LogP contribution is 2.34. The number of rotatable bonds is 9. The second-order valence-electron chi connectivity index (χ2n) is 9.53. The van der Waals surface area contributed by atoms with Gasteiger partial charge in [0.1, 0.15) is 5.76 Å². The van der Waals surface area contributed by atoms with Gasteiger partial charge in [-0.15, -0.1) is 0 Å². The average Bonchev–Trinajstić information content (AvgIpc) is 3.61. The molecule has 1 amide bonds. The zero-order valence-electron chi connectivity index (χ0n) is 19.7. The molecule has 2 fully saturated rings. The van der Waals surface area contributed by atoms with E-state index in [2.05, 4.69) is 20.5 Å². The zero-order chi connectivity index (χ0) is 24.3. The highest BCUT2D eigenvalue weighted by atomic mass is 32.2. The van der Waals surface area contributed by atoms with Gasteiger partial charge in [-0.05, 0) is 55.7 Å². The Morgan fingerprint density at radius 1 is 1.14 bits per heavy atom. The van der Waals surface area contributed by atoms with E-state index >= 15 is 0 Å². The third kappa shape index (κ3) is 6.29. The number of benzene rings is 1. The number of nitrogens with one attached hydrogen (secondary N) is 2. The van der Waals surface area contributed by atoms with Crippen molar-refractivity contribution in [2.75, 3.05) is 29.9 Å². The third-order valence-corrected chi connectivity index (χ3v) is 10.0. The molecule has 3 aliphatic rings. The van der Waals surface area contributed by atoms with Crippen molar-refractivity contribution in [3.63, 3.8) is 0 Å². The molecule has 1 aromatic heterocycles. The predicted molar refractivity (Wildman–Crippen MR) is 140 cm³/mol. The first-order valence-electron chi connectivity index (χ1n) is 12.3. The van der Waals surface area contributed by atoms with Gasteiger partial charge in [0.25, 0.3) is 5.91 Å². The molecule has 1 saturated carbocycles. The molecule has 10 heteroatoms. The summed E-state index contributed by atoms with van der Waals surface area (Å²) in [6, 6.07) is 11.7. The number of carbonyl (C=O) groups excluding carboxylic acids is 1. The molecule has 2 aliphatic heterocycles. The van der Waals surface area contributed by atoms with Crippen LogP contribution in [0.4, 0.5) is 5.69 Å². The van der Waals surface area contributed by atoms with Crippen LogP contribution in [0.15, 0.2) is 52.1 Å². The van der Waals surface area contributed by atoms with Crippen LogP contribution >= 0.6 is 11.8 Å². The Morgan fingerprint density at radius 3 is 2.66 bits per heavy atom. The summed E-state index contributed by atoms with van der Waals surface area (Å²) in [5, 5.41) is 7.04. The van der Waals surface area contributed by atoms with Crippen LogP contribution in [0.3, 0.4) is 0 Å². The normalized spacial score (nSPS) is 23.4. The summed E-state index contributed by atoms with van der Waals surface area (Å²) in [6.45, 7) is 2.37. The summed E-state index contributed by atoms with van der Waals surface area (Å²) >= 11 is 1.49. The molecule has 3 heterocycles. The van der Waals surface area contributed by atoms with Crippen molar-refractivity contribution >= 4 is 38.4 Å². The van der Waals surface area contributed by atoms with Gasteiger partial charge in [-0.1, -0.05) is 24.6 Å². The summed E-state index contributed by atoms with van der Waals surface area (Å²) in [6.07, 6.45) is 7.66. The Balaban J connectivity index is 1.07. The first-order chi connectivity index (χ1) is 16.9. The van der Waals surface area contributed by atoms with Crippen LogP contribution < -0.4 is 10.6 Å². The molecule has 1 aromatic carbocycles. The molecule has 0 radical (unpaired) electrons. The largest absolute Gasteiger partial charge is 0.468 e. The van der Waals surface area contributed by atoms with Gasteiger partial charge in [0, 0.05) is 35.6 Å². The number of hydrogen-bond donors (Lipinski definition) is 2. The van der Waals surface area contributed by atoms with E-state index in [0.717, 1.165) is 36.1 Å². The minimum absolute atomic E-state index is 0.0104. The number of thioether (sulfide) groups is 1. The number of fused-ring (bicyclic) bond motifs is 1. The second kappa shape index (κ2) is 10.8. The Kier molecular flexibility index (Phi) is 7.50. The number of anilines is 1. The van der Waals surface area contributed by atoms with Gasteiger partial charge in [-0.3, -0.25) is 14.7 Å². The highest BCUT2D eigenvalue weighted by Gasteiger charge is 2.42. The van der Waals surface area contributed by atoms with Crippen molar-refractivity contribution in [1.82, 2.24) is 10.2 Å². The zero-order valence-corrected chi connectivity index (χ0v) is 21.3. The van der Waals surface area contributed by atoms with E-state index in [0.29, 0.717) is 18.2 Å². The number of hydrogen-bond acceptors (Lipinski definition) is 8. The van der Waals surface area contributed by atoms with Crippen LogP contribution in [0, 0.1) is 0 Å². The molecule has 0 bridgehead atoms. The predicted octanol–water partition coefficient (Wildman–Crippen LogP) is 3.52. The van der Waals surface area contributed by atoms with Crippen molar-refractivity contribution in [3.05, 3.63) is 54.0 Å². The monoisotopic (exact) mass is 516 g/mol. The number of amidine groups is 1. The van der Waals surface area contributed by atoms with E-state index in [-0.39, 0.29) is 28.7 Å². The summed E-state index contributed by atoms with van der Waals surface area (Å²) in [5.41, 5.74) is 1.45. The number of sulfone groups is 1. The molecule has 2 atom stereocenters. The fourth-order valence-electron chi connectivity index (χ4n) is 5.09. The van der Waals surface area contributed by atoms with E-state index < -0.39 is 9.84 Å². The second-order valence-corrected chi connectivity index (χ2v) is 12.9. The first-order valence-corrected chi connectivity index (χ1v) is 15.0. The molecular formula is C25H32N4O4S2. The van der Waals surface area contributed by atoms with Crippen molar-refractivity contribution in [2.24, 2.45) is 4.99 Å². The molecule has 8 nitrogen and oxygen atoms in total. The fraction of sp³-hybridized carbons (Fsp3) is 0.520. The van der Waals surface area contributed by atoms with Crippen LogP contribution in [-0.2, 0) is 16.4 Å². The molecule has 188 valence electrons. The van der Waals surface area contributed by atoms with Gasteiger partial charge in [0.05, 0.1) is 30.4 Å². The van der Waals surface area contributed by atoms with E-state index in [1.54, 1.807) is 18.4 Å². The van der Waals surface area contributed by atoms with E-state index in [4.69, 9.17) is 4.42 Å². The third-order valence-electron chi connectivity index (χ3n) is 6.90. The maximum absolute atomic E-state index is 12.6. The standard InChI is InChI=1S/C25H32N4O4S2/c30-24(26-12-4-13-29(20-5-1-2-6-20)15-21-7-3-14-33-21)18-8-10-19(11-9-18)27-25-28-22-16-35(31,32)17-23(22)34-25/h3,7-11,14,20,22-23H,1-2,4-6,12-13,15-17H2,(H,26,30)(H,27,28). The van der Waals surface area contributed by atoms with Crippen molar-refractivity contribution in [2.45, 2.75) is 56.0 Å². The first kappa shape index (κ1) is 24.4. The van der Waals surface area contributed by atoms with Gasteiger partial charge in [-0.2, -0.15) is 0 Å². The van der Waals surface area contributed by atoms with E-state index in [9.17, 15) is 13.2 Å². The van der Waals surface area contributed by atoms with Gasteiger partial charge in [0.2, 0.25) is 0 Å². The fourth-order valence-corrected chi connectivity index (χ4v) is 8.77. The van der Waals surface area contributed by atoms with Crippen LogP contribution in [0.2, 0.25) is 0 Å². The Hall–Kier alpha value is -2.30. The van der Waals surface area contributed by atoms with Gasteiger partial charge in [0.15, 0.2) is 15.0 Å². The van der Waals surface area contributed by atoms with Crippen LogP contribution in [-0.4, -0.2) is 66.3 Å². The average molecular weight is 517 g/mol. The number of amides is 1. The van der Waals surface area contributed by atoms with E-state index in [1.807, 2.05) is 24.3 Å². The molecule has 1 saturated heterocycles. The number of carbonyl (C=O) groups is 1. The Morgan fingerprint density at radius 2 is 1.94 bits per heavy atom. The summed E-state index contributed by atoms with van der Waals surface area (Å²) < 4.78 is 29.0. The lowest BCUT2D eigenvalue weighted by Crippen LogP contribution is -2.35. The van der Waals surface area contributed by atoms with Crippen LogP contribution in [0.5, 0.6) is 0 Å². The van der Waals surface area contributed by atoms with Gasteiger partial charge < -0.3 is 15.1 Å². The lowest BCUT2D eigenvalue weighted by Gasteiger charge is -2.28. The molecule has 35 heavy (non-hydrogen) atoms. The SMILES string of the molecule is O=C(NCCCN(Cc1ccco1)C1CCCC1)c1ccc(NC2=NC3CS(=O)(=O)CC3S2)cc1. The Labute approximate surface area is 210 Å². The molecule has 2 aromatic rings. The molecule has 5 rings (SSSR count). The molecule has 2 unspecified atom stereocenters. The van der Waals surface area contributed by atoms with Crippen LogP contribution in [0.1, 0.15) is 48.2 Å². The molecular weight excluding hydrogens is 484 g/mol. The summed E-state index contributed by atoms with van der Waals surface area (Å²) in [4.78, 5) is 19.6. The Bertz CT molecular complexity index is 1140. The minimum Gasteiger partial charge on any atom is -0.468 e.